The first-order valence-electron chi connectivity index (χ1n) is 7.83. The first-order valence-corrected chi connectivity index (χ1v) is 7.83. The quantitative estimate of drug-likeness (QED) is 0.763. The molecule has 0 radical (unpaired) electrons. The number of nitrogens with zero attached hydrogens (tertiary/aromatic N) is 1. The molecule has 1 N–H and O–H groups in total. The molecule has 2 rings (SSSR count). The summed E-state index contributed by atoms with van der Waals surface area (Å²) in [6.45, 7) is 5.38. The zero-order valence-electron chi connectivity index (χ0n) is 12.8. The minimum Gasteiger partial charge on any atom is -0.374 e. The molecule has 0 aromatic heterocycles. The van der Waals surface area contributed by atoms with E-state index in [0.717, 1.165) is 25.3 Å². The first kappa shape index (κ1) is 15.3. The van der Waals surface area contributed by atoms with Crippen LogP contribution in [0.4, 0.5) is 10.1 Å². The molecule has 0 aliphatic heterocycles. The normalized spacial score (nSPS) is 17.4. The van der Waals surface area contributed by atoms with Gasteiger partial charge < -0.3 is 10.2 Å². The molecule has 0 saturated heterocycles. The summed E-state index contributed by atoms with van der Waals surface area (Å²) in [5.41, 5.74) is 1.34. The van der Waals surface area contributed by atoms with Gasteiger partial charge in [-0.05, 0) is 44.0 Å². The third-order valence-electron chi connectivity index (χ3n) is 4.41. The molecular formula is C17H27FN2. The SMILES string of the molecule is CCCNCC1(CN(C)c2cccc(F)c2)CCCC1. The van der Waals surface area contributed by atoms with E-state index in [0.29, 0.717) is 5.41 Å². The molecule has 3 heteroatoms. The fourth-order valence-electron chi connectivity index (χ4n) is 3.35. The molecule has 1 aromatic rings. The lowest BCUT2D eigenvalue weighted by Crippen LogP contribution is -2.41. The highest BCUT2D eigenvalue weighted by molar-refractivity contribution is 5.45. The Morgan fingerprint density at radius 1 is 1.30 bits per heavy atom. The molecule has 0 unspecified atom stereocenters. The second-order valence-corrected chi connectivity index (χ2v) is 6.22. The van der Waals surface area contributed by atoms with Crippen LogP contribution in [-0.4, -0.2) is 26.7 Å². The predicted octanol–water partition coefficient (Wildman–Crippen LogP) is 3.82. The van der Waals surface area contributed by atoms with Crippen LogP contribution in [0.15, 0.2) is 24.3 Å². The van der Waals surface area contributed by atoms with Crippen LogP contribution in [0.2, 0.25) is 0 Å². The third-order valence-corrected chi connectivity index (χ3v) is 4.41. The Hall–Kier alpha value is -1.09. The smallest absolute Gasteiger partial charge is 0.125 e. The summed E-state index contributed by atoms with van der Waals surface area (Å²) in [6.07, 6.45) is 6.39. The van der Waals surface area contributed by atoms with Crippen molar-refractivity contribution in [2.75, 3.05) is 31.6 Å². The summed E-state index contributed by atoms with van der Waals surface area (Å²) >= 11 is 0. The molecule has 112 valence electrons. The van der Waals surface area contributed by atoms with Crippen LogP contribution < -0.4 is 10.2 Å². The lowest BCUT2D eigenvalue weighted by molar-refractivity contribution is 0.287. The van der Waals surface area contributed by atoms with Crippen LogP contribution >= 0.6 is 0 Å². The summed E-state index contributed by atoms with van der Waals surface area (Å²) in [7, 11) is 2.08. The maximum atomic E-state index is 13.3. The van der Waals surface area contributed by atoms with Crippen molar-refractivity contribution in [3.63, 3.8) is 0 Å². The zero-order valence-corrected chi connectivity index (χ0v) is 12.8. The van der Waals surface area contributed by atoms with E-state index in [2.05, 4.69) is 24.2 Å². The van der Waals surface area contributed by atoms with Crippen molar-refractivity contribution >= 4 is 5.69 Å². The van der Waals surface area contributed by atoms with Gasteiger partial charge in [0, 0.05) is 31.2 Å². The van der Waals surface area contributed by atoms with Crippen LogP contribution in [-0.2, 0) is 0 Å². The van der Waals surface area contributed by atoms with E-state index in [1.807, 2.05) is 6.07 Å². The molecule has 1 saturated carbocycles. The lowest BCUT2D eigenvalue weighted by Gasteiger charge is -2.35. The third kappa shape index (κ3) is 3.95. The van der Waals surface area contributed by atoms with E-state index in [1.54, 1.807) is 12.1 Å². The Labute approximate surface area is 122 Å². The van der Waals surface area contributed by atoms with E-state index in [9.17, 15) is 4.39 Å². The number of hydrogen-bond acceptors (Lipinski definition) is 2. The van der Waals surface area contributed by atoms with Crippen molar-refractivity contribution < 1.29 is 4.39 Å². The summed E-state index contributed by atoms with van der Waals surface area (Å²) in [5.74, 6) is -0.154. The monoisotopic (exact) mass is 278 g/mol. The Bertz CT molecular complexity index is 413. The molecule has 0 atom stereocenters. The number of benzene rings is 1. The zero-order chi connectivity index (χ0) is 14.4. The Morgan fingerprint density at radius 2 is 2.05 bits per heavy atom. The van der Waals surface area contributed by atoms with Gasteiger partial charge in [-0.1, -0.05) is 25.8 Å². The largest absolute Gasteiger partial charge is 0.374 e. The van der Waals surface area contributed by atoms with Crippen molar-refractivity contribution in [1.82, 2.24) is 5.32 Å². The molecule has 0 bridgehead atoms. The van der Waals surface area contributed by atoms with E-state index in [1.165, 1.54) is 38.2 Å². The molecule has 1 aliphatic rings. The number of halogens is 1. The Balaban J connectivity index is 2.00. The topological polar surface area (TPSA) is 15.3 Å². The minimum atomic E-state index is -0.154. The van der Waals surface area contributed by atoms with E-state index < -0.39 is 0 Å². The highest BCUT2D eigenvalue weighted by Crippen LogP contribution is 2.38. The van der Waals surface area contributed by atoms with Crippen LogP contribution in [0.25, 0.3) is 0 Å². The average molecular weight is 278 g/mol. The number of nitrogens with one attached hydrogen (secondary N) is 1. The second kappa shape index (κ2) is 7.07. The van der Waals surface area contributed by atoms with Crippen molar-refractivity contribution in [1.29, 1.82) is 0 Å². The van der Waals surface area contributed by atoms with E-state index in [4.69, 9.17) is 0 Å². The number of hydrogen-bond donors (Lipinski definition) is 1. The van der Waals surface area contributed by atoms with Crippen molar-refractivity contribution in [3.8, 4) is 0 Å². The van der Waals surface area contributed by atoms with Gasteiger partial charge in [-0.15, -0.1) is 0 Å². The fourth-order valence-corrected chi connectivity index (χ4v) is 3.35. The Kier molecular flexibility index (Phi) is 5.41. The predicted molar refractivity (Wildman–Crippen MR) is 83.7 cm³/mol. The maximum Gasteiger partial charge on any atom is 0.125 e. The highest BCUT2D eigenvalue weighted by Gasteiger charge is 2.34. The molecule has 1 aliphatic carbocycles. The van der Waals surface area contributed by atoms with Crippen LogP contribution in [0.5, 0.6) is 0 Å². The standard InChI is InChI=1S/C17H27FN2/c1-3-11-19-13-17(9-4-5-10-17)14-20(2)16-8-6-7-15(18)12-16/h6-8,12,19H,3-5,9-11,13-14H2,1-2H3. The molecule has 0 amide bonds. The molecule has 1 fully saturated rings. The van der Waals surface area contributed by atoms with Crippen molar-refractivity contribution in [3.05, 3.63) is 30.1 Å². The summed E-state index contributed by atoms with van der Waals surface area (Å²) in [4.78, 5) is 2.21. The average Bonchev–Trinajstić information content (AvgIpc) is 2.88. The van der Waals surface area contributed by atoms with Gasteiger partial charge in [0.15, 0.2) is 0 Å². The van der Waals surface area contributed by atoms with Gasteiger partial charge in [0.25, 0.3) is 0 Å². The molecule has 2 nitrogen and oxygen atoms in total. The molecule has 0 heterocycles. The van der Waals surface area contributed by atoms with Crippen LogP contribution in [0.1, 0.15) is 39.0 Å². The van der Waals surface area contributed by atoms with E-state index in [-0.39, 0.29) is 5.82 Å². The fraction of sp³-hybridized carbons (Fsp3) is 0.647. The van der Waals surface area contributed by atoms with Gasteiger partial charge in [0.05, 0.1) is 0 Å². The molecular weight excluding hydrogens is 251 g/mol. The first-order chi connectivity index (χ1) is 9.65. The number of rotatable bonds is 7. The Morgan fingerprint density at radius 3 is 2.70 bits per heavy atom. The van der Waals surface area contributed by atoms with Crippen molar-refractivity contribution in [2.24, 2.45) is 5.41 Å². The summed E-state index contributed by atoms with van der Waals surface area (Å²) < 4.78 is 13.3. The van der Waals surface area contributed by atoms with Gasteiger partial charge in [-0.2, -0.15) is 0 Å². The van der Waals surface area contributed by atoms with Gasteiger partial charge in [-0.25, -0.2) is 4.39 Å². The van der Waals surface area contributed by atoms with Gasteiger partial charge in [0.1, 0.15) is 5.82 Å². The maximum absolute atomic E-state index is 13.3. The number of anilines is 1. The lowest BCUT2D eigenvalue weighted by atomic mass is 9.85. The minimum absolute atomic E-state index is 0.154. The van der Waals surface area contributed by atoms with Crippen LogP contribution in [0, 0.1) is 11.2 Å². The van der Waals surface area contributed by atoms with E-state index >= 15 is 0 Å². The summed E-state index contributed by atoms with van der Waals surface area (Å²) in [6, 6.07) is 6.91. The molecule has 20 heavy (non-hydrogen) atoms. The molecule has 1 aromatic carbocycles. The summed E-state index contributed by atoms with van der Waals surface area (Å²) in [5, 5.41) is 3.59. The van der Waals surface area contributed by atoms with Crippen molar-refractivity contribution in [2.45, 2.75) is 39.0 Å². The highest BCUT2D eigenvalue weighted by atomic mass is 19.1. The van der Waals surface area contributed by atoms with Crippen LogP contribution in [0.3, 0.4) is 0 Å². The second-order valence-electron chi connectivity index (χ2n) is 6.22. The molecule has 0 spiro atoms. The van der Waals surface area contributed by atoms with Gasteiger partial charge in [0.2, 0.25) is 0 Å². The van der Waals surface area contributed by atoms with Gasteiger partial charge in [-0.3, -0.25) is 0 Å². The van der Waals surface area contributed by atoms with Gasteiger partial charge >= 0.3 is 0 Å².